The number of hydrogen-bond donors (Lipinski definition) is 2. The van der Waals surface area contributed by atoms with Crippen LogP contribution >= 0.6 is 0 Å². The number of ether oxygens (including phenoxy) is 1. The van der Waals surface area contributed by atoms with E-state index in [0.717, 1.165) is 22.6 Å². The van der Waals surface area contributed by atoms with Crippen molar-refractivity contribution in [3.8, 4) is 17.0 Å². The highest BCUT2D eigenvalue weighted by Gasteiger charge is 2.10. The summed E-state index contributed by atoms with van der Waals surface area (Å²) >= 11 is 0. The van der Waals surface area contributed by atoms with Gasteiger partial charge in [-0.1, -0.05) is 0 Å². The maximum Gasteiger partial charge on any atom is 0.119 e. The van der Waals surface area contributed by atoms with Gasteiger partial charge in [0.25, 0.3) is 0 Å². The highest BCUT2D eigenvalue weighted by atomic mass is 16.5. The molecule has 0 aliphatic heterocycles. The number of hydrogen-bond acceptors (Lipinski definition) is 4. The number of aryl methyl sites for hydroxylation is 1. The summed E-state index contributed by atoms with van der Waals surface area (Å²) in [6.07, 6.45) is -0.947. The van der Waals surface area contributed by atoms with E-state index in [9.17, 15) is 5.11 Å². The first kappa shape index (κ1) is 13.5. The first-order valence-corrected chi connectivity index (χ1v) is 6.06. The van der Waals surface area contributed by atoms with Crippen molar-refractivity contribution >= 4 is 0 Å². The van der Waals surface area contributed by atoms with Crippen LogP contribution < -0.4 is 4.74 Å². The molecule has 1 unspecified atom stereocenters. The predicted molar refractivity (Wildman–Crippen MR) is 73.0 cm³/mol. The number of rotatable bonds is 4. The quantitative estimate of drug-likeness (QED) is 0.882. The van der Waals surface area contributed by atoms with E-state index in [2.05, 4.69) is 4.98 Å². The van der Waals surface area contributed by atoms with Crippen LogP contribution in [0.25, 0.3) is 11.3 Å². The smallest absolute Gasteiger partial charge is 0.119 e. The van der Waals surface area contributed by atoms with Gasteiger partial charge >= 0.3 is 0 Å². The molecule has 0 aliphatic carbocycles. The fraction of sp³-hybridized carbons (Fsp3) is 0.267. The summed E-state index contributed by atoms with van der Waals surface area (Å²) in [5, 5.41) is 18.7. The molecule has 1 aromatic carbocycles. The minimum Gasteiger partial charge on any atom is -0.497 e. The van der Waals surface area contributed by atoms with Crippen molar-refractivity contribution in [1.82, 2.24) is 4.98 Å². The SMILES string of the molecule is COc1ccc(-c2cc(C)cc(C(O)CO)n2)cc1. The van der Waals surface area contributed by atoms with Gasteiger partial charge in [-0.25, -0.2) is 4.98 Å². The fourth-order valence-electron chi connectivity index (χ4n) is 1.87. The Morgan fingerprint density at radius 3 is 2.47 bits per heavy atom. The third-order valence-corrected chi connectivity index (χ3v) is 2.89. The monoisotopic (exact) mass is 259 g/mol. The normalized spacial score (nSPS) is 12.2. The molecule has 2 N–H and O–H groups in total. The van der Waals surface area contributed by atoms with E-state index < -0.39 is 6.10 Å². The van der Waals surface area contributed by atoms with Gasteiger partial charge in [-0.2, -0.15) is 0 Å². The van der Waals surface area contributed by atoms with Crippen LogP contribution in [0.2, 0.25) is 0 Å². The third-order valence-electron chi connectivity index (χ3n) is 2.89. The molecule has 4 nitrogen and oxygen atoms in total. The Labute approximate surface area is 112 Å². The van der Waals surface area contributed by atoms with Crippen molar-refractivity contribution in [1.29, 1.82) is 0 Å². The van der Waals surface area contributed by atoms with Gasteiger partial charge in [0.15, 0.2) is 0 Å². The Morgan fingerprint density at radius 1 is 1.21 bits per heavy atom. The van der Waals surface area contributed by atoms with Gasteiger partial charge in [-0.3, -0.25) is 0 Å². The van der Waals surface area contributed by atoms with E-state index in [-0.39, 0.29) is 6.61 Å². The van der Waals surface area contributed by atoms with Crippen LogP contribution in [0.4, 0.5) is 0 Å². The zero-order valence-corrected chi connectivity index (χ0v) is 11.0. The molecule has 0 radical (unpaired) electrons. The summed E-state index contributed by atoms with van der Waals surface area (Å²) in [5.41, 5.74) is 3.18. The lowest BCUT2D eigenvalue weighted by molar-refractivity contribution is 0.0923. The number of pyridine rings is 1. The van der Waals surface area contributed by atoms with E-state index in [1.54, 1.807) is 13.2 Å². The van der Waals surface area contributed by atoms with Crippen LogP contribution in [0.3, 0.4) is 0 Å². The molecule has 0 fully saturated rings. The molecular weight excluding hydrogens is 242 g/mol. The van der Waals surface area contributed by atoms with Gasteiger partial charge < -0.3 is 14.9 Å². The second-order valence-corrected chi connectivity index (χ2v) is 4.38. The average molecular weight is 259 g/mol. The lowest BCUT2D eigenvalue weighted by atomic mass is 10.1. The topological polar surface area (TPSA) is 62.6 Å². The summed E-state index contributed by atoms with van der Waals surface area (Å²) < 4.78 is 5.11. The molecule has 4 heteroatoms. The molecule has 0 bridgehead atoms. The van der Waals surface area contributed by atoms with E-state index in [1.807, 2.05) is 37.3 Å². The molecule has 0 saturated carbocycles. The van der Waals surface area contributed by atoms with Gasteiger partial charge in [-0.15, -0.1) is 0 Å². The second kappa shape index (κ2) is 5.82. The first-order valence-electron chi connectivity index (χ1n) is 6.06. The van der Waals surface area contributed by atoms with Crippen LogP contribution in [0.15, 0.2) is 36.4 Å². The molecule has 1 atom stereocenters. The highest BCUT2D eigenvalue weighted by molar-refractivity contribution is 5.61. The van der Waals surface area contributed by atoms with Gasteiger partial charge in [0.1, 0.15) is 11.9 Å². The summed E-state index contributed by atoms with van der Waals surface area (Å²) in [4.78, 5) is 4.38. The molecule has 0 spiro atoms. The Hall–Kier alpha value is -1.91. The molecule has 2 rings (SSSR count). The standard InChI is InChI=1S/C15H17NO3/c1-10-7-13(16-14(8-10)15(18)9-17)11-3-5-12(19-2)6-4-11/h3-8,15,17-18H,9H2,1-2H3. The lowest BCUT2D eigenvalue weighted by Crippen LogP contribution is -2.06. The molecular formula is C15H17NO3. The van der Waals surface area contributed by atoms with Crippen molar-refractivity contribution < 1.29 is 14.9 Å². The van der Waals surface area contributed by atoms with E-state index in [4.69, 9.17) is 9.84 Å². The van der Waals surface area contributed by atoms with E-state index in [0.29, 0.717) is 5.69 Å². The Kier molecular flexibility index (Phi) is 4.14. The fourth-order valence-corrected chi connectivity index (χ4v) is 1.87. The van der Waals surface area contributed by atoms with Crippen LogP contribution in [0.5, 0.6) is 5.75 Å². The van der Waals surface area contributed by atoms with Crippen LogP contribution in [-0.4, -0.2) is 28.9 Å². The number of aliphatic hydroxyl groups is 2. The maximum absolute atomic E-state index is 9.67. The summed E-state index contributed by atoms with van der Waals surface area (Å²) in [5.74, 6) is 0.784. The number of aliphatic hydroxyl groups excluding tert-OH is 2. The highest BCUT2D eigenvalue weighted by Crippen LogP contribution is 2.23. The summed E-state index contributed by atoms with van der Waals surface area (Å²) in [6.45, 7) is 1.60. The van der Waals surface area contributed by atoms with Gasteiger partial charge in [0.05, 0.1) is 25.1 Å². The Balaban J connectivity index is 2.40. The van der Waals surface area contributed by atoms with Gasteiger partial charge in [0.2, 0.25) is 0 Å². The zero-order valence-electron chi connectivity index (χ0n) is 11.0. The average Bonchev–Trinajstić information content (AvgIpc) is 2.45. The number of benzene rings is 1. The predicted octanol–water partition coefficient (Wildman–Crippen LogP) is 2.09. The van der Waals surface area contributed by atoms with Crippen LogP contribution in [-0.2, 0) is 0 Å². The molecule has 2 aromatic rings. The zero-order chi connectivity index (χ0) is 13.8. The maximum atomic E-state index is 9.67. The van der Waals surface area contributed by atoms with E-state index >= 15 is 0 Å². The first-order chi connectivity index (χ1) is 9.13. The van der Waals surface area contributed by atoms with Crippen LogP contribution in [0, 0.1) is 6.92 Å². The summed E-state index contributed by atoms with van der Waals surface area (Å²) in [6, 6.07) is 11.3. The van der Waals surface area contributed by atoms with Crippen molar-refractivity contribution in [3.63, 3.8) is 0 Å². The third kappa shape index (κ3) is 3.10. The van der Waals surface area contributed by atoms with E-state index in [1.165, 1.54) is 0 Å². The van der Waals surface area contributed by atoms with Crippen molar-refractivity contribution in [2.75, 3.05) is 13.7 Å². The Morgan fingerprint density at radius 2 is 1.89 bits per heavy atom. The number of methoxy groups -OCH3 is 1. The number of nitrogens with zero attached hydrogens (tertiary/aromatic N) is 1. The second-order valence-electron chi connectivity index (χ2n) is 4.38. The van der Waals surface area contributed by atoms with Crippen molar-refractivity contribution in [2.24, 2.45) is 0 Å². The van der Waals surface area contributed by atoms with Crippen molar-refractivity contribution in [2.45, 2.75) is 13.0 Å². The minimum atomic E-state index is -0.947. The summed E-state index contributed by atoms with van der Waals surface area (Å²) in [7, 11) is 1.62. The lowest BCUT2D eigenvalue weighted by Gasteiger charge is -2.11. The van der Waals surface area contributed by atoms with Crippen LogP contribution in [0.1, 0.15) is 17.4 Å². The number of aromatic nitrogens is 1. The molecule has 0 saturated heterocycles. The molecule has 1 heterocycles. The van der Waals surface area contributed by atoms with Gasteiger partial charge in [-0.05, 0) is 48.9 Å². The molecule has 100 valence electrons. The van der Waals surface area contributed by atoms with Gasteiger partial charge in [0, 0.05) is 5.56 Å². The molecule has 1 aromatic heterocycles. The minimum absolute atomic E-state index is 0.335. The molecule has 19 heavy (non-hydrogen) atoms. The Bertz CT molecular complexity index is 552. The molecule has 0 amide bonds. The van der Waals surface area contributed by atoms with Crippen molar-refractivity contribution in [3.05, 3.63) is 47.7 Å². The molecule has 0 aliphatic rings. The largest absolute Gasteiger partial charge is 0.497 e.